The molecule has 1 unspecified atom stereocenters. The van der Waals surface area contributed by atoms with Gasteiger partial charge in [-0.1, -0.05) is 12.1 Å². The molecule has 0 heterocycles. The summed E-state index contributed by atoms with van der Waals surface area (Å²) in [7, 11) is 1.55. The lowest BCUT2D eigenvalue weighted by atomic mass is 9.95. The smallest absolute Gasteiger partial charge is 0.137 e. The van der Waals surface area contributed by atoms with Crippen molar-refractivity contribution < 1.29 is 14.2 Å². The molecule has 1 aromatic carbocycles. The second kappa shape index (κ2) is 5.25. The van der Waals surface area contributed by atoms with E-state index in [-0.39, 0.29) is 5.82 Å². The summed E-state index contributed by atoms with van der Waals surface area (Å²) >= 11 is 3.17. The Morgan fingerprint density at radius 3 is 2.69 bits per heavy atom. The molecule has 0 aromatic heterocycles. The van der Waals surface area contributed by atoms with Gasteiger partial charge >= 0.3 is 0 Å². The molecule has 0 amide bonds. The van der Waals surface area contributed by atoms with Crippen molar-refractivity contribution in [3.63, 3.8) is 0 Å². The van der Waals surface area contributed by atoms with Gasteiger partial charge in [0.15, 0.2) is 0 Å². The lowest BCUT2D eigenvalue weighted by Gasteiger charge is -2.29. The lowest BCUT2D eigenvalue weighted by molar-refractivity contribution is -0.0765. The van der Waals surface area contributed by atoms with E-state index in [1.165, 1.54) is 6.07 Å². The van der Waals surface area contributed by atoms with Crippen LogP contribution in [0.3, 0.4) is 0 Å². The van der Waals surface area contributed by atoms with Crippen molar-refractivity contribution in [3.8, 4) is 0 Å². The van der Waals surface area contributed by atoms with Crippen molar-refractivity contribution in [2.45, 2.75) is 32.0 Å². The van der Waals surface area contributed by atoms with Gasteiger partial charge in [-0.3, -0.25) is 0 Å². The first-order valence-corrected chi connectivity index (χ1v) is 5.84. The van der Waals surface area contributed by atoms with Gasteiger partial charge in [0.25, 0.3) is 0 Å². The van der Waals surface area contributed by atoms with E-state index in [1.807, 2.05) is 0 Å². The number of hydrogen-bond donors (Lipinski definition) is 1. The zero-order valence-electron chi connectivity index (χ0n) is 9.63. The first kappa shape index (κ1) is 13.6. The molecule has 1 N–H and O–H groups in total. The zero-order valence-corrected chi connectivity index (χ0v) is 11.2. The molecule has 0 radical (unpaired) electrons. The molecular weight excluding hydrogens is 275 g/mol. The summed E-state index contributed by atoms with van der Waals surface area (Å²) in [5.74, 6) is -0.320. The molecule has 1 atom stereocenters. The molecule has 1 rings (SSSR count). The topological polar surface area (TPSA) is 29.5 Å². The van der Waals surface area contributed by atoms with Crippen molar-refractivity contribution in [2.24, 2.45) is 0 Å². The van der Waals surface area contributed by atoms with E-state index >= 15 is 0 Å². The standard InChI is InChI=1S/C12H16BrFO2/c1-12(2,16-3)10(15)7-8-5-4-6-9(14)11(8)13/h4-6,10,15H,7H2,1-3H3. The predicted octanol–water partition coefficient (Wildman–Crippen LogP) is 2.92. The van der Waals surface area contributed by atoms with Crippen molar-refractivity contribution >= 4 is 15.9 Å². The minimum absolute atomic E-state index is 0.320. The molecule has 1 aromatic rings. The minimum Gasteiger partial charge on any atom is -0.390 e. The van der Waals surface area contributed by atoms with E-state index in [4.69, 9.17) is 4.74 Å². The van der Waals surface area contributed by atoms with Crippen LogP contribution in [0.15, 0.2) is 22.7 Å². The third-order valence-corrected chi connectivity index (χ3v) is 3.66. The fourth-order valence-corrected chi connectivity index (χ4v) is 1.72. The molecule has 0 aliphatic heterocycles. The van der Waals surface area contributed by atoms with Gasteiger partial charge in [0.1, 0.15) is 5.82 Å². The Balaban J connectivity index is 2.85. The third kappa shape index (κ3) is 3.03. The number of aliphatic hydroxyl groups excluding tert-OH is 1. The van der Waals surface area contributed by atoms with Crippen LogP contribution in [0.2, 0.25) is 0 Å². The van der Waals surface area contributed by atoms with Crippen LogP contribution in [0.4, 0.5) is 4.39 Å². The Bertz CT molecular complexity index is 366. The van der Waals surface area contributed by atoms with E-state index in [0.717, 1.165) is 5.56 Å². The Kier molecular flexibility index (Phi) is 4.47. The average Bonchev–Trinajstić information content (AvgIpc) is 2.24. The Labute approximate surface area is 104 Å². The SMILES string of the molecule is COC(C)(C)C(O)Cc1cccc(F)c1Br. The monoisotopic (exact) mass is 290 g/mol. The van der Waals surface area contributed by atoms with E-state index in [1.54, 1.807) is 33.1 Å². The number of aliphatic hydroxyl groups is 1. The normalized spacial score (nSPS) is 13.9. The van der Waals surface area contributed by atoms with Crippen molar-refractivity contribution in [3.05, 3.63) is 34.1 Å². The van der Waals surface area contributed by atoms with Crippen LogP contribution < -0.4 is 0 Å². The minimum atomic E-state index is -0.685. The van der Waals surface area contributed by atoms with Gasteiger partial charge in [0.05, 0.1) is 16.2 Å². The predicted molar refractivity (Wildman–Crippen MR) is 64.9 cm³/mol. The molecule has 2 nitrogen and oxygen atoms in total. The lowest BCUT2D eigenvalue weighted by Crippen LogP contribution is -2.39. The highest BCUT2D eigenvalue weighted by Gasteiger charge is 2.28. The van der Waals surface area contributed by atoms with Gasteiger partial charge in [0, 0.05) is 13.5 Å². The van der Waals surface area contributed by atoms with Gasteiger partial charge in [-0.05, 0) is 41.4 Å². The number of methoxy groups -OCH3 is 1. The molecular formula is C12H16BrFO2. The maximum Gasteiger partial charge on any atom is 0.137 e. The van der Waals surface area contributed by atoms with Crippen LogP contribution in [-0.4, -0.2) is 23.9 Å². The highest BCUT2D eigenvalue weighted by Crippen LogP contribution is 2.25. The summed E-state index contributed by atoms with van der Waals surface area (Å²) in [5, 5.41) is 9.98. The van der Waals surface area contributed by atoms with Crippen LogP contribution >= 0.6 is 15.9 Å². The molecule has 16 heavy (non-hydrogen) atoms. The molecule has 0 bridgehead atoms. The summed E-state index contributed by atoms with van der Waals surface area (Å²) < 4.78 is 18.8. The van der Waals surface area contributed by atoms with Crippen LogP contribution in [0.5, 0.6) is 0 Å². The summed E-state index contributed by atoms with van der Waals surface area (Å²) in [6.07, 6.45) is -0.338. The maximum atomic E-state index is 13.2. The van der Waals surface area contributed by atoms with Crippen LogP contribution in [0.1, 0.15) is 19.4 Å². The average molecular weight is 291 g/mol. The van der Waals surface area contributed by atoms with Crippen molar-refractivity contribution in [1.29, 1.82) is 0 Å². The summed E-state index contributed by atoms with van der Waals surface area (Å²) in [5.41, 5.74) is 0.0868. The van der Waals surface area contributed by atoms with E-state index in [9.17, 15) is 9.50 Å². The molecule has 0 aliphatic carbocycles. The summed E-state index contributed by atoms with van der Waals surface area (Å²) in [4.78, 5) is 0. The highest BCUT2D eigenvalue weighted by molar-refractivity contribution is 9.10. The van der Waals surface area contributed by atoms with Gasteiger partial charge in [-0.15, -0.1) is 0 Å². The number of halogens is 2. The van der Waals surface area contributed by atoms with Crippen LogP contribution in [0.25, 0.3) is 0 Å². The molecule has 0 spiro atoms. The second-order valence-electron chi connectivity index (χ2n) is 4.24. The molecule has 0 saturated heterocycles. The van der Waals surface area contributed by atoms with Crippen molar-refractivity contribution in [1.82, 2.24) is 0 Å². The Hall–Kier alpha value is -0.450. The number of rotatable bonds is 4. The number of ether oxygens (including phenoxy) is 1. The van der Waals surface area contributed by atoms with E-state index in [2.05, 4.69) is 15.9 Å². The number of hydrogen-bond acceptors (Lipinski definition) is 2. The maximum absolute atomic E-state index is 13.2. The Morgan fingerprint density at radius 2 is 2.12 bits per heavy atom. The summed E-state index contributed by atoms with van der Waals surface area (Å²) in [6, 6.07) is 4.78. The van der Waals surface area contributed by atoms with E-state index in [0.29, 0.717) is 10.9 Å². The largest absolute Gasteiger partial charge is 0.390 e. The first-order valence-electron chi connectivity index (χ1n) is 5.04. The van der Waals surface area contributed by atoms with Gasteiger partial charge in [-0.2, -0.15) is 0 Å². The van der Waals surface area contributed by atoms with Gasteiger partial charge in [0.2, 0.25) is 0 Å². The molecule has 4 heteroatoms. The molecule has 0 aliphatic rings. The third-order valence-electron chi connectivity index (χ3n) is 2.77. The zero-order chi connectivity index (χ0) is 12.3. The molecule has 0 saturated carbocycles. The van der Waals surface area contributed by atoms with Gasteiger partial charge < -0.3 is 9.84 Å². The van der Waals surface area contributed by atoms with Gasteiger partial charge in [-0.25, -0.2) is 4.39 Å². The van der Waals surface area contributed by atoms with Crippen molar-refractivity contribution in [2.75, 3.05) is 7.11 Å². The number of benzene rings is 1. The van der Waals surface area contributed by atoms with Crippen LogP contribution in [0, 0.1) is 5.82 Å². The van der Waals surface area contributed by atoms with E-state index < -0.39 is 11.7 Å². The molecule has 90 valence electrons. The Morgan fingerprint density at radius 1 is 1.50 bits per heavy atom. The highest BCUT2D eigenvalue weighted by atomic mass is 79.9. The second-order valence-corrected chi connectivity index (χ2v) is 5.03. The molecule has 0 fully saturated rings. The summed E-state index contributed by atoms with van der Waals surface area (Å²) in [6.45, 7) is 3.59. The quantitative estimate of drug-likeness (QED) is 0.924. The van der Waals surface area contributed by atoms with Crippen LogP contribution in [-0.2, 0) is 11.2 Å². The fourth-order valence-electron chi connectivity index (χ4n) is 1.30. The first-order chi connectivity index (χ1) is 7.38. The fraction of sp³-hybridized carbons (Fsp3) is 0.500.